The number of nitrogens with one attached hydrogen (secondary N) is 1. The van der Waals surface area contributed by atoms with Crippen LogP contribution in [0.3, 0.4) is 0 Å². The molecule has 3 aromatic heterocycles. The highest BCUT2D eigenvalue weighted by molar-refractivity contribution is 7.15. The van der Waals surface area contributed by atoms with Crippen molar-refractivity contribution >= 4 is 46.1 Å². The van der Waals surface area contributed by atoms with Crippen LogP contribution in [0.1, 0.15) is 101 Å². The van der Waals surface area contributed by atoms with E-state index >= 15 is 0 Å². The Bertz CT molecular complexity index is 2490. The topological polar surface area (TPSA) is 137 Å². The molecule has 2 saturated carbocycles. The summed E-state index contributed by atoms with van der Waals surface area (Å²) in [7, 11) is 0. The zero-order valence-electron chi connectivity index (χ0n) is 33.0. The molecule has 2 aliphatic carbocycles. The van der Waals surface area contributed by atoms with Gasteiger partial charge in [-0.15, -0.1) is 31.7 Å². The quantitative estimate of drug-likeness (QED) is 0.176. The third-order valence-electron chi connectivity index (χ3n) is 13.1. The van der Waals surface area contributed by atoms with Crippen LogP contribution in [0.15, 0.2) is 59.6 Å². The molecule has 4 fully saturated rings. The highest BCUT2D eigenvalue weighted by Gasteiger charge is 2.51. The molecule has 2 saturated heterocycles. The van der Waals surface area contributed by atoms with Gasteiger partial charge in [0.15, 0.2) is 17.3 Å². The lowest BCUT2D eigenvalue weighted by molar-refractivity contribution is 0.0888. The van der Waals surface area contributed by atoms with Gasteiger partial charge in [0.1, 0.15) is 28.2 Å². The number of nitriles is 1. The van der Waals surface area contributed by atoms with E-state index < -0.39 is 0 Å². The summed E-state index contributed by atoms with van der Waals surface area (Å²) in [5.74, 6) is 3.17. The molecule has 1 unspecified atom stereocenters. The van der Waals surface area contributed by atoms with Gasteiger partial charge in [0.2, 0.25) is 0 Å². The number of nitrogens with zero attached hydrogens (tertiary/aromatic N) is 9. The standard InChI is InChI=1S/C44H45ClN10O2S/c1-26-27(2)58-41-38(26)39(48-44(16-17-44)42-52-49-28(3)55(41)42)29-4-9-32(10-5-29)53-20-18-43(24-53)19-21-54(25-43)37-15-14-36(50-51-37)40(56)47-31-7-12-33(13-8-31)57-34-11-6-30(23-46)35(45)22-34/h4-6,9-11,14-15,22,31,33H,7-8,12-13,16-21,24-25H2,1-3H3,(H,47,56). The van der Waals surface area contributed by atoms with Crippen LogP contribution >= 0.6 is 22.9 Å². The van der Waals surface area contributed by atoms with Crippen molar-refractivity contribution in [3.63, 3.8) is 0 Å². The van der Waals surface area contributed by atoms with E-state index in [1.807, 2.05) is 24.3 Å². The van der Waals surface area contributed by atoms with Crippen molar-refractivity contribution in [2.75, 3.05) is 36.0 Å². The summed E-state index contributed by atoms with van der Waals surface area (Å²) in [4.78, 5) is 24.8. The first-order valence-corrected chi connectivity index (χ1v) is 21.5. The van der Waals surface area contributed by atoms with Gasteiger partial charge >= 0.3 is 0 Å². The third-order valence-corrected chi connectivity index (χ3v) is 14.6. The fraction of sp³-hybridized carbons (Fsp3) is 0.432. The lowest BCUT2D eigenvalue weighted by atomic mass is 9.86. The van der Waals surface area contributed by atoms with Gasteiger partial charge in [-0.25, -0.2) is 0 Å². The average molecular weight is 813 g/mol. The summed E-state index contributed by atoms with van der Waals surface area (Å²) in [6.07, 6.45) is 7.48. The van der Waals surface area contributed by atoms with E-state index in [0.717, 1.165) is 106 Å². The first kappa shape index (κ1) is 37.0. The fourth-order valence-electron chi connectivity index (χ4n) is 9.44. The normalized spacial score (nSPS) is 23.0. The summed E-state index contributed by atoms with van der Waals surface area (Å²) in [6, 6.07) is 20.1. The van der Waals surface area contributed by atoms with E-state index in [4.69, 9.17) is 26.6 Å². The Morgan fingerprint density at radius 2 is 1.67 bits per heavy atom. The zero-order valence-corrected chi connectivity index (χ0v) is 34.5. The maximum atomic E-state index is 13.1. The second kappa shape index (κ2) is 14.2. The number of thiophene rings is 1. The SMILES string of the molecule is Cc1sc2c(c1C)C(c1ccc(N3CCC4(CCN(c5ccc(C(=O)NC6CCC(Oc7ccc(C#N)c(Cl)c7)CC6)nn5)C4)C3)cc1)=NC1(CC1)c1nnc(C)n1-2. The molecule has 14 heteroatoms. The number of halogens is 1. The number of fused-ring (bicyclic) bond motifs is 4. The highest BCUT2D eigenvalue weighted by atomic mass is 35.5. The van der Waals surface area contributed by atoms with Crippen LogP contribution in [0.25, 0.3) is 5.00 Å². The molecule has 6 heterocycles. The maximum absolute atomic E-state index is 13.1. The third kappa shape index (κ3) is 6.50. The molecular formula is C44H45ClN10O2S. The number of hydrogen-bond acceptors (Lipinski definition) is 11. The van der Waals surface area contributed by atoms with E-state index in [0.29, 0.717) is 22.0 Å². The molecule has 3 aliphatic heterocycles. The molecule has 12 nitrogen and oxygen atoms in total. The van der Waals surface area contributed by atoms with Crippen LogP contribution in [0.2, 0.25) is 5.02 Å². The smallest absolute Gasteiger partial charge is 0.272 e. The van der Waals surface area contributed by atoms with Crippen LogP contribution in [-0.4, -0.2) is 74.9 Å². The predicted molar refractivity (Wildman–Crippen MR) is 225 cm³/mol. The molecule has 58 heavy (non-hydrogen) atoms. The number of aryl methyl sites for hydroxylation is 2. The molecule has 296 valence electrons. The molecule has 1 amide bonds. The van der Waals surface area contributed by atoms with Gasteiger partial charge in [-0.05, 0) is 114 Å². The average Bonchev–Trinajstić information content (AvgIpc) is 3.48. The van der Waals surface area contributed by atoms with E-state index in [1.165, 1.54) is 26.7 Å². The molecule has 5 aliphatic rings. The Balaban J connectivity index is 0.751. The van der Waals surface area contributed by atoms with Crippen LogP contribution in [0.4, 0.5) is 11.5 Å². The first-order chi connectivity index (χ1) is 28.1. The van der Waals surface area contributed by atoms with Gasteiger partial charge < -0.3 is 19.9 Å². The number of carbonyl (C=O) groups is 1. The van der Waals surface area contributed by atoms with Crippen LogP contribution in [-0.2, 0) is 5.54 Å². The molecule has 0 radical (unpaired) electrons. The first-order valence-electron chi connectivity index (χ1n) is 20.4. The number of ether oxygens (including phenoxy) is 1. The maximum Gasteiger partial charge on any atom is 0.272 e. The Morgan fingerprint density at radius 3 is 2.38 bits per heavy atom. The molecule has 1 atom stereocenters. The number of amides is 1. The van der Waals surface area contributed by atoms with E-state index in [9.17, 15) is 4.79 Å². The van der Waals surface area contributed by atoms with Gasteiger partial charge in [0, 0.05) is 65.4 Å². The van der Waals surface area contributed by atoms with Crippen molar-refractivity contribution in [2.45, 2.75) is 89.8 Å². The summed E-state index contributed by atoms with van der Waals surface area (Å²) in [5.41, 5.74) is 6.61. The summed E-state index contributed by atoms with van der Waals surface area (Å²) >= 11 is 7.99. The van der Waals surface area contributed by atoms with Crippen molar-refractivity contribution in [2.24, 2.45) is 10.4 Å². The molecule has 2 aromatic carbocycles. The molecule has 2 spiro atoms. The van der Waals surface area contributed by atoms with Crippen molar-refractivity contribution < 1.29 is 9.53 Å². The molecule has 10 rings (SSSR count). The Morgan fingerprint density at radius 1 is 0.914 bits per heavy atom. The Hall–Kier alpha value is -5.32. The second-order valence-electron chi connectivity index (χ2n) is 16.8. The van der Waals surface area contributed by atoms with Gasteiger partial charge in [-0.1, -0.05) is 23.7 Å². The van der Waals surface area contributed by atoms with Crippen molar-refractivity contribution in [1.29, 1.82) is 5.26 Å². The number of aliphatic imine (C=N–C) groups is 1. The molecule has 5 aromatic rings. The van der Waals surface area contributed by atoms with Crippen LogP contribution in [0.5, 0.6) is 5.75 Å². The van der Waals surface area contributed by atoms with Crippen molar-refractivity contribution in [3.05, 3.63) is 104 Å². The van der Waals surface area contributed by atoms with Gasteiger partial charge in [-0.2, -0.15) is 5.26 Å². The van der Waals surface area contributed by atoms with E-state index in [2.05, 4.69) is 84.3 Å². The molecule has 0 bridgehead atoms. The largest absolute Gasteiger partial charge is 0.490 e. The minimum atomic E-state index is -0.288. The minimum Gasteiger partial charge on any atom is -0.490 e. The second-order valence-corrected chi connectivity index (χ2v) is 18.5. The summed E-state index contributed by atoms with van der Waals surface area (Å²) in [5, 5.41) is 31.8. The molecule has 1 N–H and O–H groups in total. The minimum absolute atomic E-state index is 0.0358. The Kier molecular flexibility index (Phi) is 9.06. The van der Waals surface area contributed by atoms with Gasteiger partial charge in [0.25, 0.3) is 5.91 Å². The number of hydrogen-bond donors (Lipinski definition) is 1. The highest BCUT2D eigenvalue weighted by Crippen LogP contribution is 2.53. The van der Waals surface area contributed by atoms with Crippen molar-refractivity contribution in [1.82, 2.24) is 30.3 Å². The number of aromatic nitrogens is 5. The van der Waals surface area contributed by atoms with Gasteiger partial charge in [0.05, 0.1) is 22.4 Å². The molecular weight excluding hydrogens is 768 g/mol. The Labute approximate surface area is 346 Å². The number of carbonyl (C=O) groups excluding carboxylic acids is 1. The predicted octanol–water partition coefficient (Wildman–Crippen LogP) is 7.64. The van der Waals surface area contributed by atoms with E-state index in [-0.39, 0.29) is 29.0 Å². The lowest BCUT2D eigenvalue weighted by Gasteiger charge is -2.29. The van der Waals surface area contributed by atoms with Crippen LogP contribution in [0, 0.1) is 37.5 Å². The number of anilines is 2. The van der Waals surface area contributed by atoms with E-state index in [1.54, 1.807) is 24.3 Å². The van der Waals surface area contributed by atoms with Crippen LogP contribution < -0.4 is 19.9 Å². The van der Waals surface area contributed by atoms with Crippen molar-refractivity contribution in [3.8, 4) is 16.8 Å². The fourth-order valence-corrected chi connectivity index (χ4v) is 10.9. The monoisotopic (exact) mass is 812 g/mol. The number of benzene rings is 2. The summed E-state index contributed by atoms with van der Waals surface area (Å²) < 4.78 is 8.37. The summed E-state index contributed by atoms with van der Waals surface area (Å²) in [6.45, 7) is 10.3. The zero-order chi connectivity index (χ0) is 39.8. The lowest BCUT2D eigenvalue weighted by Crippen LogP contribution is -2.40. The number of rotatable bonds is 7. The van der Waals surface area contributed by atoms with Gasteiger partial charge in [-0.3, -0.25) is 14.4 Å².